The molecule has 6 heteroatoms. The number of aromatic nitrogens is 1. The van der Waals surface area contributed by atoms with Crippen molar-refractivity contribution in [3.63, 3.8) is 0 Å². The molecule has 1 heterocycles. The fourth-order valence-corrected chi connectivity index (χ4v) is 3.77. The molecule has 2 aromatic carbocycles. The number of thiazole rings is 1. The molecule has 3 nitrogen and oxygen atoms in total. The smallest absolute Gasteiger partial charge is 0.147 e. The van der Waals surface area contributed by atoms with Crippen LogP contribution < -0.4 is 10.5 Å². The molecule has 2 N–H and O–H groups in total. The minimum atomic E-state index is 0.485. The van der Waals surface area contributed by atoms with Crippen LogP contribution in [-0.4, -0.2) is 11.6 Å². The van der Waals surface area contributed by atoms with Crippen LogP contribution in [0, 0.1) is 0 Å². The zero-order valence-electron chi connectivity index (χ0n) is 13.1. The van der Waals surface area contributed by atoms with E-state index in [9.17, 15) is 0 Å². The van der Waals surface area contributed by atoms with E-state index in [4.69, 9.17) is 38.7 Å². The summed E-state index contributed by atoms with van der Waals surface area (Å²) in [5.41, 5.74) is 9.42. The number of hydrogen-bond donors (Lipinski definition) is 1. The van der Waals surface area contributed by atoms with Gasteiger partial charge in [-0.1, -0.05) is 41.4 Å². The van der Waals surface area contributed by atoms with Gasteiger partial charge in [0.15, 0.2) is 0 Å². The summed E-state index contributed by atoms with van der Waals surface area (Å²) in [6.45, 7) is 2.94. The lowest BCUT2D eigenvalue weighted by Gasteiger charge is -2.11. The van der Waals surface area contributed by atoms with Crippen LogP contribution in [-0.2, 0) is 6.54 Å². The molecule has 0 aliphatic rings. The summed E-state index contributed by atoms with van der Waals surface area (Å²) in [5.74, 6) is 0.608. The SMILES string of the molecule is CCOc1c(Cl)cc(Cl)cc1-c1csc(-c2cccc(CN)c2)n1. The van der Waals surface area contributed by atoms with E-state index < -0.39 is 0 Å². The Balaban J connectivity index is 2.04. The summed E-state index contributed by atoms with van der Waals surface area (Å²) < 4.78 is 5.69. The second-order valence-electron chi connectivity index (χ2n) is 5.14. The van der Waals surface area contributed by atoms with Crippen molar-refractivity contribution in [2.75, 3.05) is 6.61 Å². The van der Waals surface area contributed by atoms with Crippen molar-refractivity contribution in [1.82, 2.24) is 4.98 Å². The van der Waals surface area contributed by atoms with Gasteiger partial charge in [-0.05, 0) is 30.7 Å². The van der Waals surface area contributed by atoms with Crippen LogP contribution in [0.15, 0.2) is 41.8 Å². The highest BCUT2D eigenvalue weighted by Gasteiger charge is 2.16. The summed E-state index contributed by atoms with van der Waals surface area (Å²) in [7, 11) is 0. The van der Waals surface area contributed by atoms with E-state index >= 15 is 0 Å². The monoisotopic (exact) mass is 378 g/mol. The first-order valence-electron chi connectivity index (χ1n) is 7.49. The summed E-state index contributed by atoms with van der Waals surface area (Å²) in [4.78, 5) is 4.73. The van der Waals surface area contributed by atoms with Crippen LogP contribution in [0.5, 0.6) is 5.75 Å². The predicted octanol–water partition coefficient (Wildman–Crippen LogP) is 5.64. The molecule has 0 atom stereocenters. The van der Waals surface area contributed by atoms with Gasteiger partial charge in [-0.2, -0.15) is 0 Å². The summed E-state index contributed by atoms with van der Waals surface area (Å²) in [6, 6.07) is 11.6. The molecule has 0 unspecified atom stereocenters. The molecule has 0 spiro atoms. The third-order valence-corrected chi connectivity index (χ3v) is 4.88. The Bertz CT molecular complexity index is 864. The Labute approximate surface area is 155 Å². The highest BCUT2D eigenvalue weighted by molar-refractivity contribution is 7.13. The molecule has 0 fully saturated rings. The van der Waals surface area contributed by atoms with Crippen LogP contribution in [0.3, 0.4) is 0 Å². The molecule has 0 bridgehead atoms. The average Bonchev–Trinajstić information content (AvgIpc) is 3.07. The maximum atomic E-state index is 6.28. The van der Waals surface area contributed by atoms with Crippen molar-refractivity contribution in [3.05, 3.63) is 57.4 Å². The molecule has 0 saturated heterocycles. The Morgan fingerprint density at radius 2 is 2.04 bits per heavy atom. The summed E-state index contributed by atoms with van der Waals surface area (Å²) in [5, 5.41) is 3.94. The van der Waals surface area contributed by atoms with E-state index in [-0.39, 0.29) is 0 Å². The van der Waals surface area contributed by atoms with Crippen LogP contribution in [0.2, 0.25) is 10.0 Å². The second kappa shape index (κ2) is 7.53. The fourth-order valence-electron chi connectivity index (χ4n) is 2.40. The van der Waals surface area contributed by atoms with E-state index in [1.165, 1.54) is 0 Å². The molecule has 124 valence electrons. The number of ether oxygens (including phenoxy) is 1. The largest absolute Gasteiger partial charge is 0.492 e. The maximum Gasteiger partial charge on any atom is 0.147 e. The highest BCUT2D eigenvalue weighted by Crippen LogP contribution is 2.40. The molecule has 1 aromatic heterocycles. The zero-order chi connectivity index (χ0) is 17.1. The van der Waals surface area contributed by atoms with E-state index in [0.29, 0.717) is 28.9 Å². The first-order chi connectivity index (χ1) is 11.6. The van der Waals surface area contributed by atoms with Gasteiger partial charge in [0, 0.05) is 28.1 Å². The Morgan fingerprint density at radius 3 is 2.79 bits per heavy atom. The predicted molar refractivity (Wildman–Crippen MR) is 102 cm³/mol. The maximum absolute atomic E-state index is 6.28. The number of halogens is 2. The van der Waals surface area contributed by atoms with Crippen molar-refractivity contribution in [3.8, 4) is 27.6 Å². The molecular formula is C18H16Cl2N2OS. The first kappa shape index (κ1) is 17.2. The van der Waals surface area contributed by atoms with E-state index in [2.05, 4.69) is 6.07 Å². The number of benzene rings is 2. The number of rotatable bonds is 5. The molecule has 3 aromatic rings. The van der Waals surface area contributed by atoms with Gasteiger partial charge in [0.05, 0.1) is 17.3 Å². The standard InChI is InChI=1S/C18H16Cl2N2OS/c1-2-23-17-14(7-13(19)8-15(17)20)16-10-24-18(22-16)12-5-3-4-11(6-12)9-21/h3-8,10H,2,9,21H2,1H3. The van der Waals surface area contributed by atoms with Crippen molar-refractivity contribution in [1.29, 1.82) is 0 Å². The number of hydrogen-bond acceptors (Lipinski definition) is 4. The molecule has 0 aliphatic heterocycles. The number of nitrogens with zero attached hydrogens (tertiary/aromatic N) is 1. The van der Waals surface area contributed by atoms with Gasteiger partial charge in [-0.15, -0.1) is 11.3 Å². The molecule has 0 amide bonds. The topological polar surface area (TPSA) is 48.1 Å². The van der Waals surface area contributed by atoms with Gasteiger partial charge in [-0.25, -0.2) is 4.98 Å². The third-order valence-electron chi connectivity index (χ3n) is 3.49. The number of nitrogens with two attached hydrogens (primary N) is 1. The molecule has 0 saturated carbocycles. The molecular weight excluding hydrogens is 363 g/mol. The van der Waals surface area contributed by atoms with Crippen LogP contribution in [0.4, 0.5) is 0 Å². The van der Waals surface area contributed by atoms with Gasteiger partial charge in [-0.3, -0.25) is 0 Å². The fraction of sp³-hybridized carbons (Fsp3) is 0.167. The van der Waals surface area contributed by atoms with Gasteiger partial charge < -0.3 is 10.5 Å². The lowest BCUT2D eigenvalue weighted by molar-refractivity contribution is 0.342. The Morgan fingerprint density at radius 1 is 1.21 bits per heavy atom. The average molecular weight is 379 g/mol. The summed E-state index contributed by atoms with van der Waals surface area (Å²) in [6.07, 6.45) is 0. The molecule has 0 aliphatic carbocycles. The quantitative estimate of drug-likeness (QED) is 0.624. The minimum absolute atomic E-state index is 0.485. The van der Waals surface area contributed by atoms with Crippen molar-refractivity contribution in [2.24, 2.45) is 5.73 Å². The molecule has 24 heavy (non-hydrogen) atoms. The Hall–Kier alpha value is -1.59. The van der Waals surface area contributed by atoms with Gasteiger partial charge in [0.1, 0.15) is 10.8 Å². The first-order valence-corrected chi connectivity index (χ1v) is 9.13. The van der Waals surface area contributed by atoms with E-state index in [1.807, 2.05) is 36.6 Å². The third kappa shape index (κ3) is 3.57. The van der Waals surface area contributed by atoms with Crippen molar-refractivity contribution >= 4 is 34.5 Å². The van der Waals surface area contributed by atoms with Crippen LogP contribution in [0.25, 0.3) is 21.8 Å². The lowest BCUT2D eigenvalue weighted by atomic mass is 10.1. The van der Waals surface area contributed by atoms with E-state index in [1.54, 1.807) is 17.4 Å². The molecule has 0 radical (unpaired) electrons. The van der Waals surface area contributed by atoms with Gasteiger partial charge in [0.25, 0.3) is 0 Å². The van der Waals surface area contributed by atoms with Crippen LogP contribution >= 0.6 is 34.5 Å². The van der Waals surface area contributed by atoms with Crippen molar-refractivity contribution in [2.45, 2.75) is 13.5 Å². The molecule has 3 rings (SSSR count). The highest BCUT2D eigenvalue weighted by atomic mass is 35.5. The van der Waals surface area contributed by atoms with Gasteiger partial charge >= 0.3 is 0 Å². The zero-order valence-corrected chi connectivity index (χ0v) is 15.4. The van der Waals surface area contributed by atoms with Crippen molar-refractivity contribution < 1.29 is 4.74 Å². The normalized spacial score (nSPS) is 10.8. The van der Waals surface area contributed by atoms with Crippen LogP contribution in [0.1, 0.15) is 12.5 Å². The Kier molecular flexibility index (Phi) is 5.41. The van der Waals surface area contributed by atoms with E-state index in [0.717, 1.165) is 27.4 Å². The van der Waals surface area contributed by atoms with Gasteiger partial charge in [0.2, 0.25) is 0 Å². The second-order valence-corrected chi connectivity index (χ2v) is 6.84. The lowest BCUT2D eigenvalue weighted by Crippen LogP contribution is -1.96. The summed E-state index contributed by atoms with van der Waals surface area (Å²) >= 11 is 14.0. The minimum Gasteiger partial charge on any atom is -0.492 e.